The van der Waals surface area contributed by atoms with E-state index in [2.05, 4.69) is 10.3 Å². The van der Waals surface area contributed by atoms with Crippen molar-refractivity contribution in [1.82, 2.24) is 5.32 Å². The number of guanidine groups is 1. The van der Waals surface area contributed by atoms with E-state index in [0.717, 1.165) is 5.56 Å². The van der Waals surface area contributed by atoms with Crippen LogP contribution in [0, 0.1) is 0 Å². The van der Waals surface area contributed by atoms with Crippen LogP contribution in [0.5, 0.6) is 0 Å². The Kier molecular flexibility index (Phi) is 8.89. The number of methoxy groups -OCH3 is 1. The van der Waals surface area contributed by atoms with Gasteiger partial charge in [0.1, 0.15) is 0 Å². The fourth-order valence-corrected chi connectivity index (χ4v) is 1.59. The number of carbonyl (C=O) groups excluding carboxylic acids is 1. The second kappa shape index (κ2) is 9.54. The molecule has 1 aromatic rings. The Balaban J connectivity index is 0.00000361. The third-order valence-corrected chi connectivity index (χ3v) is 2.45. The number of ether oxygens (including phenoxy) is 1. The molecule has 0 spiro atoms. The summed E-state index contributed by atoms with van der Waals surface area (Å²) in [5, 5.41) is 3.00. The van der Waals surface area contributed by atoms with Crippen molar-refractivity contribution in [2.45, 2.75) is 19.5 Å². The molecule has 1 unspecified atom stereocenters. The number of carbonyl (C=O) groups is 1. The van der Waals surface area contributed by atoms with Crippen LogP contribution in [0.4, 0.5) is 0 Å². The molecule has 0 fully saturated rings. The van der Waals surface area contributed by atoms with Crippen molar-refractivity contribution >= 4 is 35.8 Å². The summed E-state index contributed by atoms with van der Waals surface area (Å²) in [6.45, 7) is 2.88. The van der Waals surface area contributed by atoms with Crippen LogP contribution in [0.3, 0.4) is 0 Å². The summed E-state index contributed by atoms with van der Waals surface area (Å²) in [5.74, 6) is -0.111. The van der Waals surface area contributed by atoms with E-state index in [1.165, 1.54) is 0 Å². The lowest BCUT2D eigenvalue weighted by atomic mass is 10.1. The zero-order chi connectivity index (χ0) is 14.3. The quantitative estimate of drug-likeness (QED) is 0.379. The van der Waals surface area contributed by atoms with Gasteiger partial charge in [0.2, 0.25) is 5.91 Å². The summed E-state index contributed by atoms with van der Waals surface area (Å²) in [5.41, 5.74) is 12.3. The van der Waals surface area contributed by atoms with Gasteiger partial charge in [-0.3, -0.25) is 4.79 Å². The van der Waals surface area contributed by atoms with Crippen molar-refractivity contribution in [1.29, 1.82) is 0 Å². The molecule has 0 aliphatic heterocycles. The van der Waals surface area contributed by atoms with Crippen molar-refractivity contribution in [2.75, 3.05) is 13.7 Å². The number of hydrogen-bond acceptors (Lipinski definition) is 3. The number of benzene rings is 1. The van der Waals surface area contributed by atoms with Gasteiger partial charge < -0.3 is 21.5 Å². The van der Waals surface area contributed by atoms with Crippen LogP contribution in [0.25, 0.3) is 0 Å². The van der Waals surface area contributed by atoms with E-state index in [0.29, 0.717) is 24.7 Å². The van der Waals surface area contributed by atoms with Gasteiger partial charge in [0, 0.05) is 18.7 Å². The normalized spacial score (nSPS) is 12.4. The molecule has 5 N–H and O–H groups in total. The van der Waals surface area contributed by atoms with Gasteiger partial charge in [0.15, 0.2) is 5.96 Å². The highest BCUT2D eigenvalue weighted by Crippen LogP contribution is 2.05. The van der Waals surface area contributed by atoms with Crippen LogP contribution in [-0.4, -0.2) is 31.6 Å². The third-order valence-electron chi connectivity index (χ3n) is 2.45. The van der Waals surface area contributed by atoms with Gasteiger partial charge in [-0.2, -0.15) is 0 Å². The van der Waals surface area contributed by atoms with Gasteiger partial charge >= 0.3 is 0 Å². The van der Waals surface area contributed by atoms with Crippen molar-refractivity contribution < 1.29 is 9.53 Å². The molecule has 0 bridgehead atoms. The summed E-state index contributed by atoms with van der Waals surface area (Å²) < 4.78 is 4.98. The molecule has 0 aliphatic rings. The first-order valence-corrected chi connectivity index (χ1v) is 5.97. The first-order valence-electron chi connectivity index (χ1n) is 5.97. The lowest BCUT2D eigenvalue weighted by Gasteiger charge is -2.13. The van der Waals surface area contributed by atoms with Gasteiger partial charge in [-0.05, 0) is 24.6 Å². The average Bonchev–Trinajstić information content (AvgIpc) is 2.37. The summed E-state index contributed by atoms with van der Waals surface area (Å²) in [7, 11) is 1.63. The standard InChI is InChI=1S/C13H20N4O2.HI/c1-9(8-19-2)17-13(15)16-7-10-4-3-5-11(6-10)12(14)18;/h3-6,9H,7-8H2,1-2H3,(H2,14,18)(H3,15,16,17);1H. The predicted octanol–water partition coefficient (Wildman–Crippen LogP) is 0.843. The Morgan fingerprint density at radius 3 is 2.75 bits per heavy atom. The Labute approximate surface area is 136 Å². The molecule has 0 radical (unpaired) electrons. The van der Waals surface area contributed by atoms with Gasteiger partial charge in [0.05, 0.1) is 13.2 Å². The number of rotatable bonds is 6. The second-order valence-corrected chi connectivity index (χ2v) is 4.27. The number of halogens is 1. The van der Waals surface area contributed by atoms with Crippen LogP contribution in [0.1, 0.15) is 22.8 Å². The molecule has 0 aliphatic carbocycles. The molecule has 7 heteroatoms. The minimum Gasteiger partial charge on any atom is -0.383 e. The highest BCUT2D eigenvalue weighted by molar-refractivity contribution is 14.0. The van der Waals surface area contributed by atoms with Crippen LogP contribution >= 0.6 is 24.0 Å². The van der Waals surface area contributed by atoms with Crippen molar-refractivity contribution in [3.05, 3.63) is 35.4 Å². The van der Waals surface area contributed by atoms with Crippen molar-refractivity contribution in [3.63, 3.8) is 0 Å². The number of nitrogens with one attached hydrogen (secondary N) is 1. The number of nitrogens with two attached hydrogens (primary N) is 2. The summed E-state index contributed by atoms with van der Waals surface area (Å²) in [6.07, 6.45) is 0. The second-order valence-electron chi connectivity index (χ2n) is 4.27. The molecular formula is C13H21IN4O2. The smallest absolute Gasteiger partial charge is 0.248 e. The lowest BCUT2D eigenvalue weighted by molar-refractivity contribution is 0.1000. The van der Waals surface area contributed by atoms with E-state index in [-0.39, 0.29) is 30.0 Å². The van der Waals surface area contributed by atoms with Gasteiger partial charge in [-0.25, -0.2) is 4.99 Å². The third kappa shape index (κ3) is 6.71. The summed E-state index contributed by atoms with van der Waals surface area (Å²) >= 11 is 0. The zero-order valence-electron chi connectivity index (χ0n) is 11.6. The maximum Gasteiger partial charge on any atom is 0.248 e. The molecule has 0 saturated heterocycles. The fourth-order valence-electron chi connectivity index (χ4n) is 1.59. The van der Waals surface area contributed by atoms with Crippen LogP contribution in [0.15, 0.2) is 29.3 Å². The van der Waals surface area contributed by atoms with E-state index < -0.39 is 5.91 Å². The molecule has 6 nitrogen and oxygen atoms in total. The zero-order valence-corrected chi connectivity index (χ0v) is 14.0. The highest BCUT2D eigenvalue weighted by Gasteiger charge is 2.03. The Hall–Kier alpha value is -1.35. The van der Waals surface area contributed by atoms with Crippen LogP contribution in [0.2, 0.25) is 0 Å². The molecule has 20 heavy (non-hydrogen) atoms. The first-order chi connectivity index (χ1) is 9.02. The number of hydrogen-bond donors (Lipinski definition) is 3. The van der Waals surface area contributed by atoms with E-state index in [1.807, 2.05) is 13.0 Å². The van der Waals surface area contributed by atoms with Crippen molar-refractivity contribution in [2.24, 2.45) is 16.5 Å². The average molecular weight is 392 g/mol. The van der Waals surface area contributed by atoms with E-state index >= 15 is 0 Å². The number of aliphatic imine (C=N–C) groups is 1. The summed E-state index contributed by atoms with van der Waals surface area (Å²) in [4.78, 5) is 15.2. The molecule has 1 aromatic carbocycles. The van der Waals surface area contributed by atoms with E-state index in [4.69, 9.17) is 16.2 Å². The molecule has 0 heterocycles. The minimum absolute atomic E-state index is 0. The molecule has 1 amide bonds. The largest absolute Gasteiger partial charge is 0.383 e. The monoisotopic (exact) mass is 392 g/mol. The van der Waals surface area contributed by atoms with Crippen LogP contribution in [-0.2, 0) is 11.3 Å². The maximum absolute atomic E-state index is 11.0. The van der Waals surface area contributed by atoms with Gasteiger partial charge in [-0.15, -0.1) is 24.0 Å². The first kappa shape index (κ1) is 18.7. The molecule has 0 aromatic heterocycles. The lowest BCUT2D eigenvalue weighted by Crippen LogP contribution is -2.40. The Morgan fingerprint density at radius 1 is 1.45 bits per heavy atom. The Morgan fingerprint density at radius 2 is 2.15 bits per heavy atom. The maximum atomic E-state index is 11.0. The SMILES string of the molecule is COCC(C)NC(N)=NCc1cccc(C(N)=O)c1.I. The molecular weight excluding hydrogens is 371 g/mol. The highest BCUT2D eigenvalue weighted by atomic mass is 127. The molecule has 1 atom stereocenters. The number of nitrogens with zero attached hydrogens (tertiary/aromatic N) is 1. The minimum atomic E-state index is -0.453. The van der Waals surface area contributed by atoms with E-state index in [9.17, 15) is 4.79 Å². The topological polar surface area (TPSA) is 103 Å². The van der Waals surface area contributed by atoms with Gasteiger partial charge in [0.25, 0.3) is 0 Å². The van der Waals surface area contributed by atoms with Crippen LogP contribution < -0.4 is 16.8 Å². The predicted molar refractivity (Wildman–Crippen MR) is 90.2 cm³/mol. The molecule has 1 rings (SSSR count). The van der Waals surface area contributed by atoms with E-state index in [1.54, 1.807) is 25.3 Å². The molecule has 0 saturated carbocycles. The number of primary amides is 1. The molecule has 112 valence electrons. The number of amides is 1. The van der Waals surface area contributed by atoms with Gasteiger partial charge in [-0.1, -0.05) is 12.1 Å². The Bertz CT molecular complexity index is 465. The summed E-state index contributed by atoms with van der Waals surface area (Å²) in [6, 6.07) is 7.09. The van der Waals surface area contributed by atoms with Crippen molar-refractivity contribution in [3.8, 4) is 0 Å². The fraction of sp³-hybridized carbons (Fsp3) is 0.385.